The molecule has 2 aromatic rings. The molecule has 0 saturated carbocycles. The summed E-state index contributed by atoms with van der Waals surface area (Å²) in [7, 11) is 0. The van der Waals surface area contributed by atoms with Crippen LogP contribution in [0.3, 0.4) is 0 Å². The molecule has 0 radical (unpaired) electrons. The van der Waals surface area contributed by atoms with E-state index in [4.69, 9.17) is 5.73 Å². The number of carbonyl (C=O) groups excluding carboxylic acids is 1. The van der Waals surface area contributed by atoms with Crippen LogP contribution >= 0.6 is 0 Å². The van der Waals surface area contributed by atoms with Crippen molar-refractivity contribution < 1.29 is 4.79 Å². The molecule has 0 saturated heterocycles. The maximum Gasteiger partial charge on any atom is 0.222 e. The molecule has 2 atom stereocenters. The maximum absolute atomic E-state index is 11.9. The average Bonchev–Trinajstić information content (AvgIpc) is 2.46. The van der Waals surface area contributed by atoms with Crippen LogP contribution in [0, 0.1) is 0 Å². The Morgan fingerprint density at radius 3 is 2.65 bits per heavy atom. The molecule has 3 N–H and O–H groups in total. The molecule has 3 heteroatoms. The highest BCUT2D eigenvalue weighted by molar-refractivity contribution is 5.86. The third kappa shape index (κ3) is 3.36. The van der Waals surface area contributed by atoms with Gasteiger partial charge in [0.25, 0.3) is 0 Å². The molecular formula is C17H22N2O. The summed E-state index contributed by atoms with van der Waals surface area (Å²) < 4.78 is 0. The van der Waals surface area contributed by atoms with Gasteiger partial charge in [0.05, 0.1) is 6.04 Å². The molecule has 0 aliphatic rings. The lowest BCUT2D eigenvalue weighted by atomic mass is 9.99. The quantitative estimate of drug-likeness (QED) is 0.877. The number of rotatable bonds is 5. The van der Waals surface area contributed by atoms with E-state index < -0.39 is 0 Å². The highest BCUT2D eigenvalue weighted by atomic mass is 16.1. The number of fused-ring (bicyclic) bond motifs is 1. The summed E-state index contributed by atoms with van der Waals surface area (Å²) >= 11 is 0. The van der Waals surface area contributed by atoms with Gasteiger partial charge < -0.3 is 11.1 Å². The fourth-order valence-electron chi connectivity index (χ4n) is 2.39. The second kappa shape index (κ2) is 6.53. The van der Waals surface area contributed by atoms with Crippen LogP contribution in [0.4, 0.5) is 0 Å². The summed E-state index contributed by atoms with van der Waals surface area (Å²) in [5, 5.41) is 5.41. The van der Waals surface area contributed by atoms with Crippen molar-refractivity contribution in [2.24, 2.45) is 5.73 Å². The van der Waals surface area contributed by atoms with Gasteiger partial charge in [-0.15, -0.1) is 0 Å². The number of nitrogens with one attached hydrogen (secondary N) is 1. The molecule has 0 heterocycles. The van der Waals surface area contributed by atoms with Gasteiger partial charge in [0.15, 0.2) is 0 Å². The SMILES string of the molecule is CCC(N)CC(=O)NC(C)c1cccc2ccccc12. The minimum Gasteiger partial charge on any atom is -0.350 e. The average molecular weight is 270 g/mol. The topological polar surface area (TPSA) is 55.1 Å². The lowest BCUT2D eigenvalue weighted by molar-refractivity contribution is -0.122. The number of carbonyl (C=O) groups is 1. The predicted octanol–water partition coefficient (Wildman–Crippen LogP) is 3.14. The van der Waals surface area contributed by atoms with Crippen molar-refractivity contribution in [3.63, 3.8) is 0 Å². The van der Waals surface area contributed by atoms with Crippen molar-refractivity contribution >= 4 is 16.7 Å². The molecule has 2 rings (SSSR count). The minimum atomic E-state index is -0.0604. The van der Waals surface area contributed by atoms with E-state index in [1.54, 1.807) is 0 Å². The first-order valence-electron chi connectivity index (χ1n) is 7.14. The highest BCUT2D eigenvalue weighted by Crippen LogP contribution is 2.24. The number of hydrogen-bond donors (Lipinski definition) is 2. The fraction of sp³-hybridized carbons (Fsp3) is 0.353. The molecule has 0 aliphatic heterocycles. The molecule has 2 aromatic carbocycles. The molecule has 0 aliphatic carbocycles. The Morgan fingerprint density at radius 2 is 1.90 bits per heavy atom. The Bertz CT molecular complexity index is 589. The van der Waals surface area contributed by atoms with Crippen LogP contribution in [0.1, 0.15) is 38.3 Å². The third-order valence-electron chi connectivity index (χ3n) is 3.64. The van der Waals surface area contributed by atoms with Crippen molar-refractivity contribution in [3.05, 3.63) is 48.0 Å². The standard InChI is InChI=1S/C17H22N2O/c1-3-14(18)11-17(20)19-12(2)15-10-6-8-13-7-4-5-9-16(13)15/h4-10,12,14H,3,11,18H2,1-2H3,(H,19,20). The summed E-state index contributed by atoms with van der Waals surface area (Å²) in [5.74, 6) is 0.0137. The predicted molar refractivity (Wildman–Crippen MR) is 83.4 cm³/mol. The number of benzene rings is 2. The van der Waals surface area contributed by atoms with Gasteiger partial charge in [-0.2, -0.15) is 0 Å². The van der Waals surface area contributed by atoms with Gasteiger partial charge in [-0.05, 0) is 29.7 Å². The fourth-order valence-corrected chi connectivity index (χ4v) is 2.39. The molecule has 2 unspecified atom stereocenters. The van der Waals surface area contributed by atoms with Crippen LogP contribution in [0.2, 0.25) is 0 Å². The van der Waals surface area contributed by atoms with E-state index in [9.17, 15) is 4.79 Å². The zero-order valence-electron chi connectivity index (χ0n) is 12.1. The van der Waals surface area contributed by atoms with Crippen molar-refractivity contribution in [1.29, 1.82) is 0 Å². The molecule has 0 fully saturated rings. The Morgan fingerprint density at radius 1 is 1.20 bits per heavy atom. The van der Waals surface area contributed by atoms with E-state index in [1.165, 1.54) is 10.8 Å². The molecule has 3 nitrogen and oxygen atoms in total. The number of nitrogens with two attached hydrogens (primary N) is 1. The smallest absolute Gasteiger partial charge is 0.222 e. The van der Waals surface area contributed by atoms with E-state index in [-0.39, 0.29) is 18.0 Å². The lowest BCUT2D eigenvalue weighted by Gasteiger charge is -2.18. The van der Waals surface area contributed by atoms with Gasteiger partial charge in [0.1, 0.15) is 0 Å². The van der Waals surface area contributed by atoms with Crippen LogP contribution in [0.15, 0.2) is 42.5 Å². The first-order valence-corrected chi connectivity index (χ1v) is 7.14. The third-order valence-corrected chi connectivity index (χ3v) is 3.64. The van der Waals surface area contributed by atoms with Crippen molar-refractivity contribution in [2.75, 3.05) is 0 Å². The zero-order valence-corrected chi connectivity index (χ0v) is 12.1. The molecule has 20 heavy (non-hydrogen) atoms. The van der Waals surface area contributed by atoms with Crippen LogP contribution in [0.25, 0.3) is 10.8 Å². The van der Waals surface area contributed by atoms with Crippen molar-refractivity contribution in [3.8, 4) is 0 Å². The van der Waals surface area contributed by atoms with Crippen LogP contribution in [-0.2, 0) is 4.79 Å². The minimum absolute atomic E-state index is 0.0137. The molecular weight excluding hydrogens is 248 g/mol. The summed E-state index contributed by atoms with van der Waals surface area (Å²) in [5.41, 5.74) is 6.96. The van der Waals surface area contributed by atoms with E-state index in [0.29, 0.717) is 6.42 Å². The maximum atomic E-state index is 11.9. The van der Waals surface area contributed by atoms with Gasteiger partial charge in [-0.25, -0.2) is 0 Å². The van der Waals surface area contributed by atoms with Crippen molar-refractivity contribution in [2.45, 2.75) is 38.8 Å². The summed E-state index contributed by atoms with van der Waals surface area (Å²) in [6, 6.07) is 14.3. The van der Waals surface area contributed by atoms with E-state index in [2.05, 4.69) is 29.6 Å². The summed E-state index contributed by atoms with van der Waals surface area (Å²) in [6.45, 7) is 4.00. The lowest BCUT2D eigenvalue weighted by Crippen LogP contribution is -2.32. The monoisotopic (exact) mass is 270 g/mol. The molecule has 106 valence electrons. The molecule has 0 bridgehead atoms. The normalized spacial score (nSPS) is 13.9. The number of amides is 1. The Hall–Kier alpha value is -1.87. The van der Waals surface area contributed by atoms with Gasteiger partial charge in [0.2, 0.25) is 5.91 Å². The van der Waals surface area contributed by atoms with Gasteiger partial charge in [0, 0.05) is 12.5 Å². The van der Waals surface area contributed by atoms with Crippen molar-refractivity contribution in [1.82, 2.24) is 5.32 Å². The second-order valence-corrected chi connectivity index (χ2v) is 5.23. The second-order valence-electron chi connectivity index (χ2n) is 5.23. The molecule has 1 amide bonds. The first kappa shape index (κ1) is 14.5. The number of hydrogen-bond acceptors (Lipinski definition) is 2. The van der Waals surface area contributed by atoms with Crippen LogP contribution < -0.4 is 11.1 Å². The summed E-state index contributed by atoms with van der Waals surface area (Å²) in [4.78, 5) is 11.9. The van der Waals surface area contributed by atoms with E-state index in [1.807, 2.05) is 32.0 Å². The first-order chi connectivity index (χ1) is 9.61. The molecule has 0 aromatic heterocycles. The van der Waals surface area contributed by atoms with E-state index >= 15 is 0 Å². The highest BCUT2D eigenvalue weighted by Gasteiger charge is 2.13. The molecule has 0 spiro atoms. The van der Waals surface area contributed by atoms with E-state index in [0.717, 1.165) is 12.0 Å². The van der Waals surface area contributed by atoms with Gasteiger partial charge in [-0.3, -0.25) is 4.79 Å². The largest absolute Gasteiger partial charge is 0.350 e. The van der Waals surface area contributed by atoms with Crippen LogP contribution in [0.5, 0.6) is 0 Å². The Labute approximate surface area is 120 Å². The van der Waals surface area contributed by atoms with Crippen LogP contribution in [-0.4, -0.2) is 11.9 Å². The Balaban J connectivity index is 2.15. The summed E-state index contributed by atoms with van der Waals surface area (Å²) in [6.07, 6.45) is 1.20. The Kier molecular flexibility index (Phi) is 4.74. The zero-order chi connectivity index (χ0) is 14.5. The van der Waals surface area contributed by atoms with Gasteiger partial charge in [-0.1, -0.05) is 49.4 Å². The van der Waals surface area contributed by atoms with Gasteiger partial charge >= 0.3 is 0 Å².